The lowest BCUT2D eigenvalue weighted by molar-refractivity contribution is -0.133. The minimum Gasteiger partial charge on any atom is -0.384 e. The fourth-order valence-electron chi connectivity index (χ4n) is 3.97. The van der Waals surface area contributed by atoms with Gasteiger partial charge in [0.25, 0.3) is 0 Å². The predicted octanol–water partition coefficient (Wildman–Crippen LogP) is 3.12. The van der Waals surface area contributed by atoms with Crippen LogP contribution in [-0.2, 0) is 27.3 Å². The molecule has 1 heterocycles. The summed E-state index contributed by atoms with van der Waals surface area (Å²) in [4.78, 5) is 40.6. The lowest BCUT2D eigenvalue weighted by Gasteiger charge is -2.26. The third-order valence-corrected chi connectivity index (χ3v) is 6.25. The van der Waals surface area contributed by atoms with Crippen LogP contribution in [0, 0.1) is 0 Å². The van der Waals surface area contributed by atoms with Gasteiger partial charge in [-0.2, -0.15) is 0 Å². The van der Waals surface area contributed by atoms with E-state index in [2.05, 4.69) is 16.7 Å². The molecule has 0 saturated carbocycles. The van der Waals surface area contributed by atoms with E-state index in [1.165, 1.54) is 0 Å². The maximum atomic E-state index is 12.5. The molecule has 0 radical (unpaired) electrons. The Bertz CT molecular complexity index is 977. The van der Waals surface area contributed by atoms with Gasteiger partial charge in [0.15, 0.2) is 0 Å². The number of nitrogens with one attached hydrogen (secondary N) is 2. The third-order valence-electron chi connectivity index (χ3n) is 6.25. The molecule has 176 valence electrons. The van der Waals surface area contributed by atoms with Crippen LogP contribution in [0.5, 0.6) is 0 Å². The average molecular weight is 451 g/mol. The summed E-state index contributed by atoms with van der Waals surface area (Å²) in [5.41, 5.74) is 4.19. The van der Waals surface area contributed by atoms with Gasteiger partial charge in [-0.15, -0.1) is 0 Å². The molecule has 0 saturated heterocycles. The summed E-state index contributed by atoms with van der Waals surface area (Å²) in [5, 5.41) is 6.07. The summed E-state index contributed by atoms with van der Waals surface area (Å²) >= 11 is 0. The van der Waals surface area contributed by atoms with Crippen molar-refractivity contribution in [2.45, 2.75) is 45.7 Å². The minimum absolute atomic E-state index is 0.0197. The molecule has 7 nitrogen and oxygen atoms in total. The molecule has 2 aromatic rings. The van der Waals surface area contributed by atoms with Crippen LogP contribution < -0.4 is 10.6 Å². The van der Waals surface area contributed by atoms with E-state index in [0.29, 0.717) is 38.9 Å². The van der Waals surface area contributed by atoms with E-state index in [1.807, 2.05) is 61.2 Å². The second-order valence-electron chi connectivity index (χ2n) is 8.44. The topological polar surface area (TPSA) is 81.8 Å². The van der Waals surface area contributed by atoms with Crippen molar-refractivity contribution in [2.75, 3.05) is 32.0 Å². The summed E-state index contributed by atoms with van der Waals surface area (Å²) in [7, 11) is 1.75. The number of carbonyl (C=O) groups excluding carboxylic acids is 3. The van der Waals surface area contributed by atoms with Gasteiger partial charge in [-0.3, -0.25) is 14.4 Å². The SMILES string of the molecule is CCN1Cc2cc(CCC(=O)NCC(=O)N(C)C(C)c3ccccc3)ccc2NCCC1=O. The molecule has 0 aromatic heterocycles. The van der Waals surface area contributed by atoms with E-state index in [9.17, 15) is 14.4 Å². The Morgan fingerprint density at radius 1 is 1.18 bits per heavy atom. The highest BCUT2D eigenvalue weighted by Gasteiger charge is 2.19. The zero-order valence-corrected chi connectivity index (χ0v) is 19.8. The number of hydrogen-bond acceptors (Lipinski definition) is 4. The van der Waals surface area contributed by atoms with Crippen LogP contribution in [0.4, 0.5) is 5.69 Å². The van der Waals surface area contributed by atoms with Gasteiger partial charge in [0.1, 0.15) is 0 Å². The molecule has 1 aliphatic heterocycles. The number of fused-ring (bicyclic) bond motifs is 1. The van der Waals surface area contributed by atoms with Gasteiger partial charge in [-0.25, -0.2) is 0 Å². The molecule has 2 N–H and O–H groups in total. The summed E-state index contributed by atoms with van der Waals surface area (Å²) in [6, 6.07) is 15.8. The maximum absolute atomic E-state index is 12.5. The number of carbonyl (C=O) groups is 3. The molecule has 2 aromatic carbocycles. The van der Waals surface area contributed by atoms with Crippen molar-refractivity contribution in [2.24, 2.45) is 0 Å². The number of anilines is 1. The first kappa shape index (κ1) is 24.3. The number of amides is 3. The molecule has 1 aliphatic rings. The fourth-order valence-corrected chi connectivity index (χ4v) is 3.97. The van der Waals surface area contributed by atoms with Crippen molar-refractivity contribution in [3.63, 3.8) is 0 Å². The predicted molar refractivity (Wildman–Crippen MR) is 130 cm³/mol. The van der Waals surface area contributed by atoms with Crippen LogP contribution in [0.2, 0.25) is 0 Å². The van der Waals surface area contributed by atoms with Crippen LogP contribution >= 0.6 is 0 Å². The average Bonchev–Trinajstić information content (AvgIpc) is 2.83. The van der Waals surface area contributed by atoms with E-state index in [0.717, 1.165) is 22.4 Å². The first-order valence-electron chi connectivity index (χ1n) is 11.6. The lowest BCUT2D eigenvalue weighted by Crippen LogP contribution is -2.39. The Kier molecular flexibility index (Phi) is 8.46. The van der Waals surface area contributed by atoms with Crippen molar-refractivity contribution in [1.29, 1.82) is 0 Å². The zero-order chi connectivity index (χ0) is 23.8. The van der Waals surface area contributed by atoms with Crippen molar-refractivity contribution >= 4 is 23.4 Å². The molecule has 33 heavy (non-hydrogen) atoms. The van der Waals surface area contributed by atoms with Crippen LogP contribution in [0.15, 0.2) is 48.5 Å². The van der Waals surface area contributed by atoms with Gasteiger partial charge in [0.2, 0.25) is 17.7 Å². The number of benzene rings is 2. The van der Waals surface area contributed by atoms with Crippen molar-refractivity contribution in [3.05, 3.63) is 65.2 Å². The minimum atomic E-state index is -0.153. The zero-order valence-electron chi connectivity index (χ0n) is 19.8. The summed E-state index contributed by atoms with van der Waals surface area (Å²) in [6.07, 6.45) is 1.37. The van der Waals surface area contributed by atoms with Crippen LogP contribution in [0.25, 0.3) is 0 Å². The molecule has 0 spiro atoms. The quantitative estimate of drug-likeness (QED) is 0.648. The van der Waals surface area contributed by atoms with Gasteiger partial charge in [-0.05, 0) is 43.0 Å². The smallest absolute Gasteiger partial charge is 0.242 e. The van der Waals surface area contributed by atoms with Crippen LogP contribution in [-0.4, -0.2) is 54.2 Å². The van der Waals surface area contributed by atoms with E-state index in [4.69, 9.17) is 0 Å². The molecule has 3 rings (SSSR count). The van der Waals surface area contributed by atoms with Crippen LogP contribution in [0.3, 0.4) is 0 Å². The molecular formula is C26H34N4O3. The van der Waals surface area contributed by atoms with Gasteiger partial charge < -0.3 is 20.4 Å². The number of likely N-dealkylation sites (N-methyl/N-ethyl adjacent to an activating group) is 1. The highest BCUT2D eigenvalue weighted by atomic mass is 16.2. The number of nitrogens with zero attached hydrogens (tertiary/aromatic N) is 2. The van der Waals surface area contributed by atoms with Crippen molar-refractivity contribution in [3.8, 4) is 0 Å². The highest BCUT2D eigenvalue weighted by molar-refractivity contribution is 5.85. The van der Waals surface area contributed by atoms with Gasteiger partial charge in [0, 0.05) is 45.2 Å². The van der Waals surface area contributed by atoms with Gasteiger partial charge in [0.05, 0.1) is 12.6 Å². The second kappa shape index (κ2) is 11.5. The molecule has 3 amide bonds. The molecule has 1 unspecified atom stereocenters. The van der Waals surface area contributed by atoms with E-state index in [-0.39, 0.29) is 30.3 Å². The Morgan fingerprint density at radius 3 is 2.67 bits per heavy atom. The summed E-state index contributed by atoms with van der Waals surface area (Å²) < 4.78 is 0. The van der Waals surface area contributed by atoms with E-state index >= 15 is 0 Å². The lowest BCUT2D eigenvalue weighted by atomic mass is 10.0. The van der Waals surface area contributed by atoms with Gasteiger partial charge >= 0.3 is 0 Å². The highest BCUT2D eigenvalue weighted by Crippen LogP contribution is 2.23. The molecule has 7 heteroatoms. The number of rotatable bonds is 8. The number of aryl methyl sites for hydroxylation is 1. The normalized spacial score (nSPS) is 14.4. The molecule has 1 atom stereocenters. The monoisotopic (exact) mass is 450 g/mol. The Labute approximate surface area is 196 Å². The summed E-state index contributed by atoms with van der Waals surface area (Å²) in [5.74, 6) is -0.132. The second-order valence-corrected chi connectivity index (χ2v) is 8.44. The molecular weight excluding hydrogens is 416 g/mol. The molecule has 0 fully saturated rings. The fraction of sp³-hybridized carbons (Fsp3) is 0.423. The first-order chi connectivity index (χ1) is 15.9. The number of hydrogen-bond donors (Lipinski definition) is 2. The Morgan fingerprint density at radius 2 is 1.94 bits per heavy atom. The van der Waals surface area contributed by atoms with Crippen molar-refractivity contribution in [1.82, 2.24) is 15.1 Å². The largest absolute Gasteiger partial charge is 0.384 e. The third kappa shape index (κ3) is 6.57. The Hall–Kier alpha value is -3.35. The van der Waals surface area contributed by atoms with Crippen LogP contribution in [0.1, 0.15) is 49.4 Å². The van der Waals surface area contributed by atoms with Gasteiger partial charge in [-0.1, -0.05) is 42.5 Å². The first-order valence-corrected chi connectivity index (χ1v) is 11.6. The molecule has 0 bridgehead atoms. The summed E-state index contributed by atoms with van der Waals surface area (Å²) in [6.45, 7) is 5.80. The standard InChI is InChI=1S/C26H34N4O3/c1-4-30-18-22-16-20(10-12-23(22)27-15-14-25(30)32)11-13-24(31)28-17-26(33)29(3)19(2)21-8-6-5-7-9-21/h5-10,12,16,19,27H,4,11,13-15,17-18H2,1-3H3,(H,28,31). The van der Waals surface area contributed by atoms with E-state index in [1.54, 1.807) is 11.9 Å². The molecule has 0 aliphatic carbocycles. The van der Waals surface area contributed by atoms with Crippen molar-refractivity contribution < 1.29 is 14.4 Å². The maximum Gasteiger partial charge on any atom is 0.242 e. The van der Waals surface area contributed by atoms with E-state index < -0.39 is 0 Å². The Balaban J connectivity index is 1.50.